The lowest BCUT2D eigenvalue weighted by atomic mass is 9.79. The molecule has 31 heavy (non-hydrogen) atoms. The van der Waals surface area contributed by atoms with Crippen molar-refractivity contribution in [3.05, 3.63) is 18.0 Å². The van der Waals surface area contributed by atoms with Crippen LogP contribution >= 0.6 is 0 Å². The fourth-order valence-electron chi connectivity index (χ4n) is 5.74. The molecule has 3 aliphatic carbocycles. The van der Waals surface area contributed by atoms with Crippen LogP contribution in [-0.2, 0) is 4.74 Å². The summed E-state index contributed by atoms with van der Waals surface area (Å²) in [5, 5.41) is 4.55. The molecule has 4 heterocycles. The Morgan fingerprint density at radius 1 is 1.10 bits per heavy atom. The summed E-state index contributed by atoms with van der Waals surface area (Å²) in [5.74, 6) is 2.91. The van der Waals surface area contributed by atoms with Gasteiger partial charge in [-0.25, -0.2) is 9.98 Å². The van der Waals surface area contributed by atoms with Crippen molar-refractivity contribution in [3.8, 4) is 0 Å². The molecule has 8 nitrogen and oxygen atoms in total. The quantitative estimate of drug-likeness (QED) is 0.756. The van der Waals surface area contributed by atoms with Gasteiger partial charge in [-0.2, -0.15) is 10.1 Å². The predicted octanol–water partition coefficient (Wildman–Crippen LogP) is 2.83. The zero-order valence-corrected chi connectivity index (χ0v) is 18.2. The molecule has 3 saturated carbocycles. The van der Waals surface area contributed by atoms with Gasteiger partial charge in [0.2, 0.25) is 5.96 Å². The summed E-state index contributed by atoms with van der Waals surface area (Å²) in [5.41, 5.74) is 2.90. The average molecular weight is 420 g/mol. The number of nitrogens with zero attached hydrogens (tertiary/aromatic N) is 7. The van der Waals surface area contributed by atoms with Gasteiger partial charge in [0.1, 0.15) is 11.6 Å². The van der Waals surface area contributed by atoms with E-state index in [4.69, 9.17) is 24.7 Å². The van der Waals surface area contributed by atoms with Crippen LogP contribution in [0.15, 0.2) is 32.4 Å². The van der Waals surface area contributed by atoms with Crippen molar-refractivity contribution in [2.45, 2.75) is 69.7 Å². The fourth-order valence-corrected chi connectivity index (χ4v) is 5.74. The Morgan fingerprint density at radius 2 is 1.97 bits per heavy atom. The van der Waals surface area contributed by atoms with Crippen LogP contribution in [0.1, 0.15) is 63.7 Å². The normalized spacial score (nSPS) is 37.1. The first kappa shape index (κ1) is 18.2. The second kappa shape index (κ2) is 6.34. The van der Waals surface area contributed by atoms with Gasteiger partial charge >= 0.3 is 0 Å². The van der Waals surface area contributed by atoms with E-state index in [-0.39, 0.29) is 17.7 Å². The highest BCUT2D eigenvalue weighted by molar-refractivity contribution is 6.44. The fraction of sp³-hybridized carbons (Fsp3) is 0.696. The van der Waals surface area contributed by atoms with E-state index in [1.54, 1.807) is 0 Å². The minimum absolute atomic E-state index is 0.00863. The van der Waals surface area contributed by atoms with Crippen LogP contribution in [0.2, 0.25) is 0 Å². The van der Waals surface area contributed by atoms with Crippen molar-refractivity contribution in [3.63, 3.8) is 0 Å². The molecule has 0 N–H and O–H groups in total. The molecule has 4 atom stereocenters. The number of rotatable bonds is 3. The lowest BCUT2D eigenvalue weighted by Crippen LogP contribution is -2.45. The summed E-state index contributed by atoms with van der Waals surface area (Å²) in [6, 6.07) is 0.788. The highest BCUT2D eigenvalue weighted by Gasteiger charge is 2.74. The van der Waals surface area contributed by atoms with Crippen molar-refractivity contribution >= 4 is 23.2 Å². The molecule has 1 aromatic rings. The van der Waals surface area contributed by atoms with Gasteiger partial charge in [-0.3, -0.25) is 9.67 Å². The highest BCUT2D eigenvalue weighted by atomic mass is 16.5. The highest BCUT2D eigenvalue weighted by Crippen LogP contribution is 2.61. The molecular weight excluding hydrogens is 390 g/mol. The maximum atomic E-state index is 6.11. The van der Waals surface area contributed by atoms with Crippen LogP contribution in [0.3, 0.4) is 0 Å². The SMILES string of the molecule is CC1=NC2=NC(N3CCO[C@H](c4cnn(C5CC5)c4)C3)=NC3C(C4CCC4)C23N=C1C. The van der Waals surface area contributed by atoms with Gasteiger partial charge in [-0.05, 0) is 45.4 Å². The summed E-state index contributed by atoms with van der Waals surface area (Å²) < 4.78 is 8.21. The van der Waals surface area contributed by atoms with Gasteiger partial charge in [0.05, 0.1) is 42.9 Å². The second-order valence-corrected chi connectivity index (χ2v) is 10.0. The van der Waals surface area contributed by atoms with E-state index < -0.39 is 0 Å². The van der Waals surface area contributed by atoms with Crippen molar-refractivity contribution in [2.24, 2.45) is 31.8 Å². The minimum Gasteiger partial charge on any atom is -0.370 e. The van der Waals surface area contributed by atoms with Crippen molar-refractivity contribution in [1.82, 2.24) is 14.7 Å². The van der Waals surface area contributed by atoms with Crippen molar-refractivity contribution in [1.29, 1.82) is 0 Å². The summed E-state index contributed by atoms with van der Waals surface area (Å²) in [4.78, 5) is 22.5. The zero-order chi connectivity index (χ0) is 20.7. The molecule has 8 heteroatoms. The van der Waals surface area contributed by atoms with E-state index in [1.165, 1.54) is 32.1 Å². The number of aromatic nitrogens is 2. The number of aliphatic imine (C=N–C) groups is 4. The Morgan fingerprint density at radius 3 is 2.74 bits per heavy atom. The summed E-state index contributed by atoms with van der Waals surface area (Å²) in [6.45, 7) is 6.35. The van der Waals surface area contributed by atoms with Crippen LogP contribution in [0, 0.1) is 11.8 Å². The molecule has 1 spiro atoms. The van der Waals surface area contributed by atoms with E-state index in [1.807, 2.05) is 13.1 Å². The smallest absolute Gasteiger partial charge is 0.223 e. The predicted molar refractivity (Wildman–Crippen MR) is 119 cm³/mol. The molecule has 0 amide bonds. The van der Waals surface area contributed by atoms with E-state index in [2.05, 4.69) is 27.8 Å². The summed E-state index contributed by atoms with van der Waals surface area (Å²) in [6.07, 6.45) is 10.5. The lowest BCUT2D eigenvalue weighted by Gasteiger charge is -2.34. The van der Waals surface area contributed by atoms with E-state index in [0.29, 0.717) is 24.5 Å². The summed E-state index contributed by atoms with van der Waals surface area (Å²) in [7, 11) is 0. The van der Waals surface area contributed by atoms with Gasteiger partial charge < -0.3 is 9.64 Å². The van der Waals surface area contributed by atoms with Gasteiger partial charge in [0.15, 0.2) is 5.84 Å². The number of hydrogen-bond donors (Lipinski definition) is 0. The van der Waals surface area contributed by atoms with Gasteiger partial charge in [0, 0.05) is 24.2 Å². The maximum absolute atomic E-state index is 6.11. The largest absolute Gasteiger partial charge is 0.370 e. The third-order valence-electron chi connectivity index (χ3n) is 8.08. The molecule has 3 aliphatic heterocycles. The van der Waals surface area contributed by atoms with Crippen LogP contribution in [0.4, 0.5) is 0 Å². The van der Waals surface area contributed by atoms with Gasteiger partial charge in [-0.1, -0.05) is 6.42 Å². The zero-order valence-electron chi connectivity index (χ0n) is 18.2. The first-order valence-corrected chi connectivity index (χ1v) is 11.8. The number of hydrogen-bond acceptors (Lipinski definition) is 7. The molecule has 1 saturated heterocycles. The Bertz CT molecular complexity index is 1060. The Labute approximate surface area is 182 Å². The number of morpholine rings is 1. The standard InChI is InChI=1S/C23H29N7O/c1-13-14(2)28-23-19(15-4-3-5-15)20(23)26-22(27-21(23)25-13)29-8-9-31-18(12-29)16-10-24-30(11-16)17-6-7-17/h10-11,15,17-20H,3-9,12H2,1-2H3/t18-,19?,20?,23?/m0/s1. The molecule has 1 aromatic heterocycles. The van der Waals surface area contributed by atoms with Gasteiger partial charge in [0.25, 0.3) is 0 Å². The molecule has 4 fully saturated rings. The van der Waals surface area contributed by atoms with Crippen LogP contribution in [0.25, 0.3) is 0 Å². The van der Waals surface area contributed by atoms with Crippen LogP contribution in [-0.4, -0.2) is 69.2 Å². The maximum Gasteiger partial charge on any atom is 0.223 e. The summed E-state index contributed by atoms with van der Waals surface area (Å²) >= 11 is 0. The lowest BCUT2D eigenvalue weighted by molar-refractivity contribution is -0.00742. The number of guanidine groups is 1. The van der Waals surface area contributed by atoms with Gasteiger partial charge in [-0.15, -0.1) is 0 Å². The van der Waals surface area contributed by atoms with E-state index >= 15 is 0 Å². The Balaban J connectivity index is 1.17. The third kappa shape index (κ3) is 2.66. The minimum atomic E-state index is -0.282. The molecule has 0 aromatic carbocycles. The molecular formula is C23H29N7O. The average Bonchev–Trinajstić information content (AvgIpc) is 3.63. The number of ether oxygens (including phenoxy) is 1. The first-order chi connectivity index (χ1) is 15.1. The molecule has 162 valence electrons. The molecule has 3 unspecified atom stereocenters. The second-order valence-electron chi connectivity index (χ2n) is 10.0. The first-order valence-electron chi connectivity index (χ1n) is 11.8. The van der Waals surface area contributed by atoms with E-state index in [9.17, 15) is 0 Å². The molecule has 0 radical (unpaired) electrons. The Kier molecular flexibility index (Phi) is 3.73. The van der Waals surface area contributed by atoms with E-state index in [0.717, 1.165) is 41.9 Å². The topological polar surface area (TPSA) is 79.7 Å². The van der Waals surface area contributed by atoms with Crippen LogP contribution in [0.5, 0.6) is 0 Å². The molecule has 7 rings (SSSR count). The van der Waals surface area contributed by atoms with Crippen LogP contribution < -0.4 is 0 Å². The third-order valence-corrected chi connectivity index (χ3v) is 8.08. The number of amidine groups is 1. The van der Waals surface area contributed by atoms with Crippen molar-refractivity contribution in [2.75, 3.05) is 19.7 Å². The van der Waals surface area contributed by atoms with Crippen molar-refractivity contribution < 1.29 is 4.74 Å². The monoisotopic (exact) mass is 419 g/mol. The molecule has 0 bridgehead atoms. The molecule has 6 aliphatic rings. The Hall–Kier alpha value is -2.35.